The maximum atomic E-state index is 11.9. The highest BCUT2D eigenvalue weighted by molar-refractivity contribution is 5.93. The highest BCUT2D eigenvalue weighted by atomic mass is 16.2. The van der Waals surface area contributed by atoms with Gasteiger partial charge in [-0.25, -0.2) is 0 Å². The maximum absolute atomic E-state index is 11.9. The molecule has 1 fully saturated rings. The summed E-state index contributed by atoms with van der Waals surface area (Å²) in [5.74, 6) is 0.228. The third kappa shape index (κ3) is 3.22. The predicted octanol–water partition coefficient (Wildman–Crippen LogP) is 0.596. The van der Waals surface area contributed by atoms with Crippen molar-refractivity contribution in [2.75, 3.05) is 25.4 Å². The van der Waals surface area contributed by atoms with Crippen LogP contribution in [0, 0.1) is 0 Å². The van der Waals surface area contributed by atoms with Crippen molar-refractivity contribution < 1.29 is 4.79 Å². The Labute approximate surface area is 107 Å². The SMILES string of the molecule is CCCN1CCC(NC(=O)c2cc(N)n[nH]2)CC1. The lowest BCUT2D eigenvalue weighted by molar-refractivity contribution is 0.0906. The van der Waals surface area contributed by atoms with E-state index < -0.39 is 0 Å². The van der Waals surface area contributed by atoms with Crippen LogP contribution in [-0.2, 0) is 0 Å². The molecule has 100 valence electrons. The number of nitrogens with zero attached hydrogens (tertiary/aromatic N) is 2. The number of piperidine rings is 1. The van der Waals surface area contributed by atoms with Crippen molar-refractivity contribution in [1.82, 2.24) is 20.4 Å². The third-order valence-electron chi connectivity index (χ3n) is 3.30. The van der Waals surface area contributed by atoms with Crippen molar-refractivity contribution in [1.29, 1.82) is 0 Å². The van der Waals surface area contributed by atoms with Gasteiger partial charge < -0.3 is 16.0 Å². The summed E-state index contributed by atoms with van der Waals surface area (Å²) in [6.07, 6.45) is 3.20. The third-order valence-corrected chi connectivity index (χ3v) is 3.30. The van der Waals surface area contributed by atoms with Crippen LogP contribution in [0.15, 0.2) is 6.07 Å². The summed E-state index contributed by atoms with van der Waals surface area (Å²) >= 11 is 0. The molecule has 1 aliphatic heterocycles. The normalized spacial score (nSPS) is 17.8. The van der Waals surface area contributed by atoms with Gasteiger partial charge in [0.1, 0.15) is 11.5 Å². The molecule has 0 atom stereocenters. The van der Waals surface area contributed by atoms with Crippen molar-refractivity contribution >= 4 is 11.7 Å². The van der Waals surface area contributed by atoms with Crippen LogP contribution < -0.4 is 11.1 Å². The number of amides is 1. The zero-order valence-electron chi connectivity index (χ0n) is 10.8. The summed E-state index contributed by atoms with van der Waals surface area (Å²) in [6, 6.07) is 1.82. The summed E-state index contributed by atoms with van der Waals surface area (Å²) in [6.45, 7) is 5.46. The van der Waals surface area contributed by atoms with E-state index in [0.29, 0.717) is 11.5 Å². The van der Waals surface area contributed by atoms with Crippen LogP contribution in [0.1, 0.15) is 36.7 Å². The van der Waals surface area contributed by atoms with Gasteiger partial charge >= 0.3 is 0 Å². The van der Waals surface area contributed by atoms with Crippen LogP contribution in [0.4, 0.5) is 5.82 Å². The Balaban J connectivity index is 1.79. The average Bonchev–Trinajstić information content (AvgIpc) is 2.79. The molecule has 1 aromatic rings. The van der Waals surface area contributed by atoms with Gasteiger partial charge in [-0.3, -0.25) is 9.89 Å². The molecule has 18 heavy (non-hydrogen) atoms. The maximum Gasteiger partial charge on any atom is 0.269 e. The minimum absolute atomic E-state index is 0.117. The van der Waals surface area contributed by atoms with Crippen molar-refractivity contribution in [2.45, 2.75) is 32.2 Å². The minimum Gasteiger partial charge on any atom is -0.382 e. The molecule has 1 saturated heterocycles. The number of carbonyl (C=O) groups is 1. The number of aromatic nitrogens is 2. The Hall–Kier alpha value is -1.56. The van der Waals surface area contributed by atoms with E-state index in [-0.39, 0.29) is 11.9 Å². The number of nitrogen functional groups attached to an aromatic ring is 1. The first kappa shape index (κ1) is 12.9. The summed E-state index contributed by atoms with van der Waals surface area (Å²) in [7, 11) is 0. The molecule has 1 aliphatic rings. The zero-order chi connectivity index (χ0) is 13.0. The Morgan fingerprint density at radius 3 is 2.89 bits per heavy atom. The lowest BCUT2D eigenvalue weighted by Crippen LogP contribution is -2.44. The smallest absolute Gasteiger partial charge is 0.269 e. The Kier molecular flexibility index (Phi) is 4.19. The van der Waals surface area contributed by atoms with E-state index in [9.17, 15) is 4.79 Å². The topological polar surface area (TPSA) is 87.0 Å². The summed E-state index contributed by atoms with van der Waals surface area (Å²) in [5, 5.41) is 9.40. The molecule has 2 rings (SSSR count). The first-order chi connectivity index (χ1) is 8.69. The lowest BCUT2D eigenvalue weighted by Gasteiger charge is -2.31. The van der Waals surface area contributed by atoms with Gasteiger partial charge in [0.05, 0.1) is 0 Å². The summed E-state index contributed by atoms with van der Waals surface area (Å²) < 4.78 is 0. The molecule has 1 amide bonds. The number of aromatic amines is 1. The highest BCUT2D eigenvalue weighted by Gasteiger charge is 2.21. The molecule has 0 unspecified atom stereocenters. The fraction of sp³-hybridized carbons (Fsp3) is 0.667. The Morgan fingerprint density at radius 1 is 1.61 bits per heavy atom. The van der Waals surface area contributed by atoms with Crippen LogP contribution in [0.3, 0.4) is 0 Å². The monoisotopic (exact) mass is 251 g/mol. The second-order valence-corrected chi connectivity index (χ2v) is 4.80. The molecule has 0 bridgehead atoms. The number of carbonyl (C=O) groups excluding carboxylic acids is 1. The van der Waals surface area contributed by atoms with E-state index in [1.165, 1.54) is 6.42 Å². The van der Waals surface area contributed by atoms with Crippen molar-refractivity contribution in [3.63, 3.8) is 0 Å². The number of anilines is 1. The highest BCUT2D eigenvalue weighted by Crippen LogP contribution is 2.11. The molecule has 6 heteroatoms. The van der Waals surface area contributed by atoms with E-state index >= 15 is 0 Å². The molecular weight excluding hydrogens is 230 g/mol. The van der Waals surface area contributed by atoms with Crippen LogP contribution >= 0.6 is 0 Å². The van der Waals surface area contributed by atoms with Crippen molar-refractivity contribution in [2.24, 2.45) is 0 Å². The van der Waals surface area contributed by atoms with Gasteiger partial charge in [-0.1, -0.05) is 6.92 Å². The number of nitrogens with two attached hydrogens (primary N) is 1. The fourth-order valence-electron chi connectivity index (χ4n) is 2.33. The van der Waals surface area contributed by atoms with E-state index in [0.717, 1.165) is 32.5 Å². The number of hydrogen-bond donors (Lipinski definition) is 3. The number of hydrogen-bond acceptors (Lipinski definition) is 4. The van der Waals surface area contributed by atoms with Gasteiger partial charge in [0.15, 0.2) is 0 Å². The lowest BCUT2D eigenvalue weighted by atomic mass is 10.0. The van der Waals surface area contributed by atoms with Gasteiger partial charge in [-0.05, 0) is 25.8 Å². The molecule has 0 spiro atoms. The molecule has 0 saturated carbocycles. The number of rotatable bonds is 4. The second-order valence-electron chi connectivity index (χ2n) is 4.80. The van der Waals surface area contributed by atoms with E-state index in [1.807, 2.05) is 0 Å². The molecule has 2 heterocycles. The fourth-order valence-corrected chi connectivity index (χ4v) is 2.33. The van der Waals surface area contributed by atoms with Crippen molar-refractivity contribution in [3.05, 3.63) is 11.8 Å². The second kappa shape index (κ2) is 5.86. The number of likely N-dealkylation sites (tertiary alicyclic amines) is 1. The van der Waals surface area contributed by atoms with Crippen molar-refractivity contribution in [3.8, 4) is 0 Å². The van der Waals surface area contributed by atoms with Crippen LogP contribution in [0.2, 0.25) is 0 Å². The van der Waals surface area contributed by atoms with Crippen LogP contribution in [0.25, 0.3) is 0 Å². The largest absolute Gasteiger partial charge is 0.382 e. The molecular formula is C12H21N5O. The first-order valence-electron chi connectivity index (χ1n) is 6.53. The zero-order valence-corrected chi connectivity index (χ0v) is 10.8. The van der Waals surface area contributed by atoms with Crippen LogP contribution in [0.5, 0.6) is 0 Å². The summed E-state index contributed by atoms with van der Waals surface area (Å²) in [4.78, 5) is 14.3. The van der Waals surface area contributed by atoms with E-state index in [2.05, 4.69) is 27.3 Å². The summed E-state index contributed by atoms with van der Waals surface area (Å²) in [5.41, 5.74) is 5.91. The van der Waals surface area contributed by atoms with Gasteiger partial charge in [0.2, 0.25) is 0 Å². The molecule has 1 aromatic heterocycles. The minimum atomic E-state index is -0.117. The standard InChI is InChI=1S/C12H21N5O/c1-2-5-17-6-3-9(4-7-17)14-12(18)10-8-11(13)16-15-10/h8-9H,2-7H2,1H3,(H,14,18)(H3,13,15,16). The Bertz CT molecular complexity index is 395. The quantitative estimate of drug-likeness (QED) is 0.731. The van der Waals surface area contributed by atoms with Gasteiger partial charge in [0.25, 0.3) is 5.91 Å². The van der Waals surface area contributed by atoms with Crippen LogP contribution in [-0.4, -0.2) is 46.7 Å². The average molecular weight is 251 g/mol. The molecule has 0 aromatic carbocycles. The van der Waals surface area contributed by atoms with E-state index in [1.54, 1.807) is 6.07 Å². The van der Waals surface area contributed by atoms with Gasteiger partial charge in [-0.15, -0.1) is 0 Å². The molecule has 0 radical (unpaired) electrons. The Morgan fingerprint density at radius 2 is 2.33 bits per heavy atom. The van der Waals surface area contributed by atoms with E-state index in [4.69, 9.17) is 5.73 Å². The molecule has 4 N–H and O–H groups in total. The molecule has 0 aliphatic carbocycles. The van der Waals surface area contributed by atoms with Gasteiger partial charge in [-0.2, -0.15) is 5.10 Å². The first-order valence-corrected chi connectivity index (χ1v) is 6.53. The van der Waals surface area contributed by atoms with Gasteiger partial charge in [0, 0.05) is 25.2 Å². The number of H-pyrrole nitrogens is 1. The molecule has 6 nitrogen and oxygen atoms in total. The predicted molar refractivity (Wildman–Crippen MR) is 70.2 cm³/mol. The number of nitrogens with one attached hydrogen (secondary N) is 2.